The standard InChI is InChI=1S/C27H42O4.C3H6/c1-15-7-10-27(30-14-15)16(2)24-22(31-27)12-21-19-6-5-17-11-18(28)8-9-25(17,3)20(19)13-23(29)26(21,24)4;1-3-2/h15-22,24,28H,5-14H2,1-4H3;3H,1H2,2H3/t15-,16+,17+,18+,19-,20+,21+,22+,24+,25+,26-,27-;/m1./s1. The van der Waals surface area contributed by atoms with E-state index in [9.17, 15) is 9.90 Å². The summed E-state index contributed by atoms with van der Waals surface area (Å²) < 4.78 is 13.2. The molecule has 2 heterocycles. The molecular formula is C30H48O4. The van der Waals surface area contributed by atoms with E-state index in [0.29, 0.717) is 41.3 Å². The molecule has 4 nitrogen and oxygen atoms in total. The Bertz CT molecular complexity index is 800. The fourth-order valence-electron chi connectivity index (χ4n) is 9.93. The molecule has 0 bridgehead atoms. The van der Waals surface area contributed by atoms with Crippen molar-refractivity contribution in [1.29, 1.82) is 0 Å². The minimum atomic E-state index is -0.448. The van der Waals surface area contributed by atoms with Gasteiger partial charge in [-0.25, -0.2) is 0 Å². The SMILES string of the molecule is C=CC.C[C@@H]1CC[C@@]2(OC1)O[C@H]1C[C@H]3[C@@H]4CC[C@H]5C[C@@H](O)CC[C@]5(C)[C@H]4CC(=O)[C@]3(C)[C@H]1[C@@H]2C. The van der Waals surface area contributed by atoms with E-state index in [0.717, 1.165) is 51.6 Å². The first-order chi connectivity index (χ1) is 16.1. The summed E-state index contributed by atoms with van der Waals surface area (Å²) in [6, 6.07) is 0. The molecule has 1 spiro atoms. The van der Waals surface area contributed by atoms with E-state index in [1.165, 1.54) is 12.8 Å². The molecule has 34 heavy (non-hydrogen) atoms. The van der Waals surface area contributed by atoms with E-state index >= 15 is 0 Å². The summed E-state index contributed by atoms with van der Waals surface area (Å²) in [7, 11) is 0. The molecule has 6 rings (SSSR count). The normalized spacial score (nSPS) is 55.9. The van der Waals surface area contributed by atoms with Crippen LogP contribution in [-0.4, -0.2) is 35.5 Å². The average Bonchev–Trinajstić information content (AvgIpc) is 3.24. The maximum absolute atomic E-state index is 14.0. The summed E-state index contributed by atoms with van der Waals surface area (Å²) >= 11 is 0. The zero-order valence-electron chi connectivity index (χ0n) is 22.2. The number of hydrogen-bond donors (Lipinski definition) is 1. The highest BCUT2D eigenvalue weighted by atomic mass is 16.7. The van der Waals surface area contributed by atoms with Crippen LogP contribution in [0, 0.1) is 52.3 Å². The third-order valence-corrected chi connectivity index (χ3v) is 11.8. The summed E-state index contributed by atoms with van der Waals surface area (Å²) in [5.74, 6) is 3.45. The maximum Gasteiger partial charge on any atom is 0.171 e. The Balaban J connectivity index is 0.000000764. The number of carbonyl (C=O) groups is 1. The van der Waals surface area contributed by atoms with Crippen LogP contribution in [0.15, 0.2) is 12.7 Å². The van der Waals surface area contributed by atoms with Crippen molar-refractivity contribution in [3.63, 3.8) is 0 Å². The van der Waals surface area contributed by atoms with Crippen LogP contribution in [0.5, 0.6) is 0 Å². The lowest BCUT2D eigenvalue weighted by atomic mass is 9.44. The van der Waals surface area contributed by atoms with Gasteiger partial charge in [0.2, 0.25) is 0 Å². The molecule has 0 aromatic carbocycles. The van der Waals surface area contributed by atoms with Crippen LogP contribution in [-0.2, 0) is 14.3 Å². The van der Waals surface area contributed by atoms with Crippen molar-refractivity contribution in [3.05, 3.63) is 12.7 Å². The lowest BCUT2D eigenvalue weighted by Gasteiger charge is -2.60. The predicted molar refractivity (Wildman–Crippen MR) is 134 cm³/mol. The Morgan fingerprint density at radius 1 is 1.06 bits per heavy atom. The number of hydrogen-bond acceptors (Lipinski definition) is 4. The van der Waals surface area contributed by atoms with Crippen molar-refractivity contribution in [2.75, 3.05) is 6.61 Å². The van der Waals surface area contributed by atoms with Crippen LogP contribution in [0.3, 0.4) is 0 Å². The number of ether oxygens (including phenoxy) is 2. The van der Waals surface area contributed by atoms with Gasteiger partial charge in [0.05, 0.1) is 18.8 Å². The van der Waals surface area contributed by atoms with Crippen LogP contribution < -0.4 is 0 Å². The van der Waals surface area contributed by atoms with Gasteiger partial charge in [-0.1, -0.05) is 33.8 Å². The summed E-state index contributed by atoms with van der Waals surface area (Å²) in [5, 5.41) is 10.3. The molecule has 192 valence electrons. The molecule has 12 atom stereocenters. The summed E-state index contributed by atoms with van der Waals surface area (Å²) in [4.78, 5) is 14.0. The molecule has 4 saturated carbocycles. The Labute approximate surface area is 207 Å². The molecule has 0 unspecified atom stereocenters. The number of fused-ring (bicyclic) bond motifs is 7. The van der Waals surface area contributed by atoms with Gasteiger partial charge in [-0.2, -0.15) is 0 Å². The van der Waals surface area contributed by atoms with Crippen molar-refractivity contribution >= 4 is 5.78 Å². The summed E-state index contributed by atoms with van der Waals surface area (Å²) in [6.45, 7) is 15.4. The van der Waals surface area contributed by atoms with E-state index in [-0.39, 0.29) is 29.0 Å². The lowest BCUT2D eigenvalue weighted by molar-refractivity contribution is -0.272. The van der Waals surface area contributed by atoms with Gasteiger partial charge in [0, 0.05) is 30.1 Å². The summed E-state index contributed by atoms with van der Waals surface area (Å²) in [5.41, 5.74) is -0.0221. The quantitative estimate of drug-likeness (QED) is 0.429. The Morgan fingerprint density at radius 3 is 2.47 bits per heavy atom. The van der Waals surface area contributed by atoms with E-state index < -0.39 is 5.79 Å². The molecule has 2 saturated heterocycles. The van der Waals surface area contributed by atoms with Crippen molar-refractivity contribution in [1.82, 2.24) is 0 Å². The molecule has 0 radical (unpaired) electrons. The van der Waals surface area contributed by atoms with E-state index in [1.807, 2.05) is 6.92 Å². The molecular weight excluding hydrogens is 424 g/mol. The number of allylic oxidation sites excluding steroid dienone is 1. The molecule has 4 aliphatic carbocycles. The topological polar surface area (TPSA) is 55.8 Å². The molecule has 2 aliphatic heterocycles. The predicted octanol–water partition coefficient (Wildman–Crippen LogP) is 6.17. The number of rotatable bonds is 0. The molecule has 1 N–H and O–H groups in total. The molecule has 0 aromatic heterocycles. The van der Waals surface area contributed by atoms with Gasteiger partial charge >= 0.3 is 0 Å². The van der Waals surface area contributed by atoms with Crippen molar-refractivity contribution in [2.24, 2.45) is 52.3 Å². The fraction of sp³-hybridized carbons (Fsp3) is 0.900. The van der Waals surface area contributed by atoms with Gasteiger partial charge in [0.25, 0.3) is 0 Å². The minimum absolute atomic E-state index is 0.131. The number of Topliss-reactive ketones (excluding diaryl/α,β-unsaturated/α-hetero) is 1. The first kappa shape index (κ1) is 25.0. The van der Waals surface area contributed by atoms with Gasteiger partial charge in [-0.3, -0.25) is 4.79 Å². The Kier molecular flexibility index (Phi) is 6.39. The van der Waals surface area contributed by atoms with Crippen LogP contribution in [0.4, 0.5) is 0 Å². The smallest absolute Gasteiger partial charge is 0.171 e. The van der Waals surface area contributed by atoms with Gasteiger partial charge < -0.3 is 14.6 Å². The average molecular weight is 473 g/mol. The number of aliphatic hydroxyl groups is 1. The third-order valence-electron chi connectivity index (χ3n) is 11.8. The number of ketones is 1. The van der Waals surface area contributed by atoms with E-state index in [2.05, 4.69) is 34.3 Å². The third kappa shape index (κ3) is 3.44. The second kappa shape index (κ2) is 8.70. The van der Waals surface area contributed by atoms with Gasteiger partial charge in [0.1, 0.15) is 5.78 Å². The monoisotopic (exact) mass is 472 g/mol. The first-order valence-electron chi connectivity index (χ1n) is 14.2. The van der Waals surface area contributed by atoms with Crippen molar-refractivity contribution < 1.29 is 19.4 Å². The van der Waals surface area contributed by atoms with Crippen molar-refractivity contribution in [3.8, 4) is 0 Å². The van der Waals surface area contributed by atoms with Crippen LogP contribution in [0.1, 0.15) is 92.4 Å². The zero-order valence-corrected chi connectivity index (χ0v) is 22.2. The van der Waals surface area contributed by atoms with Gasteiger partial charge in [0.15, 0.2) is 5.79 Å². The Hall–Kier alpha value is -0.710. The molecule has 6 fully saturated rings. The van der Waals surface area contributed by atoms with Crippen molar-refractivity contribution in [2.45, 2.75) is 110 Å². The largest absolute Gasteiger partial charge is 0.393 e. The second-order valence-electron chi connectivity index (χ2n) is 13.4. The summed E-state index contributed by atoms with van der Waals surface area (Å²) in [6.07, 6.45) is 11.1. The minimum Gasteiger partial charge on any atom is -0.393 e. The lowest BCUT2D eigenvalue weighted by Crippen LogP contribution is -2.58. The van der Waals surface area contributed by atoms with Crippen LogP contribution >= 0.6 is 0 Å². The molecule has 0 amide bonds. The highest BCUT2D eigenvalue weighted by Crippen LogP contribution is 2.70. The maximum atomic E-state index is 14.0. The first-order valence-corrected chi connectivity index (χ1v) is 14.2. The Morgan fingerprint density at radius 2 is 1.79 bits per heavy atom. The second-order valence-corrected chi connectivity index (χ2v) is 13.4. The highest BCUT2D eigenvalue weighted by Gasteiger charge is 2.71. The number of carbonyl (C=O) groups excluding carboxylic acids is 1. The molecule has 4 heteroatoms. The fourth-order valence-corrected chi connectivity index (χ4v) is 9.93. The molecule has 6 aliphatic rings. The zero-order chi connectivity index (χ0) is 24.5. The number of aliphatic hydroxyl groups excluding tert-OH is 1. The van der Waals surface area contributed by atoms with E-state index in [4.69, 9.17) is 9.47 Å². The van der Waals surface area contributed by atoms with Crippen LogP contribution in [0.2, 0.25) is 0 Å². The highest BCUT2D eigenvalue weighted by molar-refractivity contribution is 5.87. The van der Waals surface area contributed by atoms with E-state index in [1.54, 1.807) is 6.08 Å². The van der Waals surface area contributed by atoms with Gasteiger partial charge in [-0.15, -0.1) is 6.58 Å². The van der Waals surface area contributed by atoms with Gasteiger partial charge in [-0.05, 0) is 86.9 Å². The molecule has 0 aromatic rings. The van der Waals surface area contributed by atoms with Crippen LogP contribution in [0.25, 0.3) is 0 Å².